The molecule has 0 fully saturated rings. The van der Waals surface area contributed by atoms with Crippen molar-refractivity contribution in [1.29, 1.82) is 0 Å². The van der Waals surface area contributed by atoms with Gasteiger partial charge in [-0.15, -0.1) is 5.10 Å². The first-order valence-electron chi connectivity index (χ1n) is 4.44. The highest BCUT2D eigenvalue weighted by molar-refractivity contribution is 6.31. The number of nitrogens with zero attached hydrogens (tertiary/aromatic N) is 3. The van der Waals surface area contributed by atoms with Crippen molar-refractivity contribution in [2.75, 3.05) is 0 Å². The van der Waals surface area contributed by atoms with Gasteiger partial charge in [0.25, 0.3) is 0 Å². The molecule has 1 aromatic carbocycles. The lowest BCUT2D eigenvalue weighted by molar-refractivity contribution is 0.589. The molecule has 0 N–H and O–H groups in total. The fourth-order valence-corrected chi connectivity index (χ4v) is 1.52. The Kier molecular flexibility index (Phi) is 2.79. The van der Waals surface area contributed by atoms with Crippen LogP contribution < -0.4 is 0 Å². The van der Waals surface area contributed by atoms with Crippen molar-refractivity contribution in [1.82, 2.24) is 15.0 Å². The molecule has 2 aromatic rings. The Hall–Kier alpha value is -1.35. The average molecular weight is 208 g/mol. The second-order valence-electron chi connectivity index (χ2n) is 3.01. The molecule has 0 atom stereocenters. The molecule has 1 heterocycles. The van der Waals surface area contributed by atoms with E-state index in [0.717, 1.165) is 23.6 Å². The summed E-state index contributed by atoms with van der Waals surface area (Å²) in [6, 6.07) is 7.85. The molecule has 72 valence electrons. The van der Waals surface area contributed by atoms with E-state index in [0.29, 0.717) is 0 Å². The van der Waals surface area contributed by atoms with Crippen LogP contribution in [0.1, 0.15) is 5.56 Å². The second-order valence-corrected chi connectivity index (χ2v) is 3.41. The molecular formula is C10H10ClN3. The summed E-state index contributed by atoms with van der Waals surface area (Å²) in [7, 11) is 0. The van der Waals surface area contributed by atoms with Gasteiger partial charge in [0.1, 0.15) is 0 Å². The maximum absolute atomic E-state index is 6.02. The van der Waals surface area contributed by atoms with E-state index in [-0.39, 0.29) is 0 Å². The Balaban J connectivity index is 2.02. The van der Waals surface area contributed by atoms with Gasteiger partial charge in [-0.1, -0.05) is 35.0 Å². The highest BCUT2D eigenvalue weighted by Gasteiger charge is 1.99. The summed E-state index contributed by atoms with van der Waals surface area (Å²) in [5.74, 6) is 0. The fraction of sp³-hybridized carbons (Fsp3) is 0.200. The highest BCUT2D eigenvalue weighted by atomic mass is 35.5. The van der Waals surface area contributed by atoms with Crippen molar-refractivity contribution in [3.8, 4) is 0 Å². The third-order valence-corrected chi connectivity index (χ3v) is 2.41. The van der Waals surface area contributed by atoms with E-state index in [1.54, 1.807) is 10.9 Å². The highest BCUT2D eigenvalue weighted by Crippen LogP contribution is 2.15. The topological polar surface area (TPSA) is 30.7 Å². The summed E-state index contributed by atoms with van der Waals surface area (Å²) >= 11 is 6.02. The van der Waals surface area contributed by atoms with Gasteiger partial charge in [0.2, 0.25) is 0 Å². The fourth-order valence-electron chi connectivity index (χ4n) is 1.29. The summed E-state index contributed by atoms with van der Waals surface area (Å²) < 4.78 is 1.79. The first-order chi connectivity index (χ1) is 6.86. The van der Waals surface area contributed by atoms with Crippen LogP contribution in [-0.2, 0) is 13.0 Å². The summed E-state index contributed by atoms with van der Waals surface area (Å²) in [4.78, 5) is 0. The minimum Gasteiger partial charge on any atom is -0.252 e. The van der Waals surface area contributed by atoms with E-state index in [1.165, 1.54) is 0 Å². The van der Waals surface area contributed by atoms with Gasteiger partial charge in [0.05, 0.1) is 6.20 Å². The van der Waals surface area contributed by atoms with Crippen LogP contribution in [0.15, 0.2) is 36.7 Å². The molecule has 3 nitrogen and oxygen atoms in total. The quantitative estimate of drug-likeness (QED) is 0.773. The number of halogens is 1. The molecule has 0 radical (unpaired) electrons. The van der Waals surface area contributed by atoms with Crippen molar-refractivity contribution in [2.24, 2.45) is 0 Å². The lowest BCUT2D eigenvalue weighted by atomic mass is 10.1. The lowest BCUT2D eigenvalue weighted by Gasteiger charge is -2.03. The summed E-state index contributed by atoms with van der Waals surface area (Å²) in [6.07, 6.45) is 4.40. The zero-order chi connectivity index (χ0) is 9.80. The van der Waals surface area contributed by atoms with Gasteiger partial charge in [-0.3, -0.25) is 4.68 Å². The van der Waals surface area contributed by atoms with Crippen molar-refractivity contribution in [3.63, 3.8) is 0 Å². The summed E-state index contributed by atoms with van der Waals surface area (Å²) in [5, 5.41) is 8.43. The molecule has 0 spiro atoms. The minimum absolute atomic E-state index is 0.809. The monoisotopic (exact) mass is 207 g/mol. The van der Waals surface area contributed by atoms with E-state index >= 15 is 0 Å². The number of benzene rings is 1. The average Bonchev–Trinajstić information content (AvgIpc) is 2.69. The molecule has 14 heavy (non-hydrogen) atoms. The first kappa shape index (κ1) is 9.21. The maximum Gasteiger partial charge on any atom is 0.0692 e. The minimum atomic E-state index is 0.809. The molecule has 1 aromatic heterocycles. The van der Waals surface area contributed by atoms with Gasteiger partial charge in [-0.25, -0.2) is 0 Å². The molecule has 0 saturated heterocycles. The number of hydrogen-bond donors (Lipinski definition) is 0. The van der Waals surface area contributed by atoms with Crippen LogP contribution in [0.25, 0.3) is 0 Å². The van der Waals surface area contributed by atoms with Crippen LogP contribution in [-0.4, -0.2) is 15.0 Å². The molecule has 2 rings (SSSR count). The predicted molar refractivity (Wildman–Crippen MR) is 55.2 cm³/mol. The Bertz CT molecular complexity index is 398. The van der Waals surface area contributed by atoms with Gasteiger partial charge >= 0.3 is 0 Å². The van der Waals surface area contributed by atoms with Crippen LogP contribution in [0, 0.1) is 0 Å². The standard InChI is InChI=1S/C10H10ClN3/c11-10-4-2-1-3-9(10)5-7-14-8-6-12-13-14/h1-4,6,8H,5,7H2. The van der Waals surface area contributed by atoms with E-state index in [4.69, 9.17) is 11.6 Å². The molecule has 0 aliphatic heterocycles. The van der Waals surface area contributed by atoms with Crippen molar-refractivity contribution in [3.05, 3.63) is 47.2 Å². The SMILES string of the molecule is Clc1ccccc1CCn1ccnn1. The Morgan fingerprint density at radius 2 is 2.14 bits per heavy atom. The van der Waals surface area contributed by atoms with Crippen LogP contribution in [0.3, 0.4) is 0 Å². The van der Waals surface area contributed by atoms with E-state index in [9.17, 15) is 0 Å². The van der Waals surface area contributed by atoms with E-state index < -0.39 is 0 Å². The van der Waals surface area contributed by atoms with Crippen molar-refractivity contribution < 1.29 is 0 Å². The molecule has 0 unspecified atom stereocenters. The predicted octanol–water partition coefficient (Wildman–Crippen LogP) is 2.17. The lowest BCUT2D eigenvalue weighted by Crippen LogP contribution is -2.02. The number of aryl methyl sites for hydroxylation is 2. The summed E-state index contributed by atoms with van der Waals surface area (Å²) in [5.41, 5.74) is 1.14. The van der Waals surface area contributed by atoms with Crippen molar-refractivity contribution in [2.45, 2.75) is 13.0 Å². The van der Waals surface area contributed by atoms with Gasteiger partial charge in [0.15, 0.2) is 0 Å². The molecule has 0 aliphatic carbocycles. The summed E-state index contributed by atoms with van der Waals surface area (Å²) in [6.45, 7) is 0.809. The third-order valence-electron chi connectivity index (χ3n) is 2.04. The smallest absolute Gasteiger partial charge is 0.0692 e. The Morgan fingerprint density at radius 3 is 2.86 bits per heavy atom. The maximum atomic E-state index is 6.02. The van der Waals surface area contributed by atoms with E-state index in [1.807, 2.05) is 30.5 Å². The number of hydrogen-bond acceptors (Lipinski definition) is 2. The van der Waals surface area contributed by atoms with Crippen LogP contribution in [0.5, 0.6) is 0 Å². The van der Waals surface area contributed by atoms with Gasteiger partial charge in [-0.2, -0.15) is 0 Å². The molecule has 0 aliphatic rings. The van der Waals surface area contributed by atoms with Crippen LogP contribution in [0.4, 0.5) is 0 Å². The van der Waals surface area contributed by atoms with Gasteiger partial charge < -0.3 is 0 Å². The molecular weight excluding hydrogens is 198 g/mol. The Morgan fingerprint density at radius 1 is 1.29 bits per heavy atom. The molecule has 4 heteroatoms. The number of rotatable bonds is 3. The molecule has 0 saturated carbocycles. The normalized spacial score (nSPS) is 10.4. The Labute approximate surface area is 87.3 Å². The molecule has 0 bridgehead atoms. The third kappa shape index (κ3) is 2.12. The van der Waals surface area contributed by atoms with Gasteiger partial charge in [-0.05, 0) is 18.1 Å². The first-order valence-corrected chi connectivity index (χ1v) is 4.81. The largest absolute Gasteiger partial charge is 0.252 e. The zero-order valence-electron chi connectivity index (χ0n) is 7.60. The van der Waals surface area contributed by atoms with Crippen LogP contribution in [0.2, 0.25) is 5.02 Å². The van der Waals surface area contributed by atoms with E-state index in [2.05, 4.69) is 10.3 Å². The van der Waals surface area contributed by atoms with Gasteiger partial charge in [0, 0.05) is 17.8 Å². The number of aromatic nitrogens is 3. The second kappa shape index (κ2) is 4.24. The van der Waals surface area contributed by atoms with Crippen LogP contribution >= 0.6 is 11.6 Å². The van der Waals surface area contributed by atoms with Crippen molar-refractivity contribution >= 4 is 11.6 Å². The zero-order valence-corrected chi connectivity index (χ0v) is 8.35. The molecule has 0 amide bonds.